The highest BCUT2D eigenvalue weighted by Crippen LogP contribution is 2.32. The third-order valence-corrected chi connectivity index (χ3v) is 3.09. The largest absolute Gasteiger partial charge is 0.454 e. The third kappa shape index (κ3) is 2.83. The van der Waals surface area contributed by atoms with Crippen LogP contribution in [0.1, 0.15) is 12.0 Å². The summed E-state index contributed by atoms with van der Waals surface area (Å²) in [5.74, 6) is 1.72. The Morgan fingerprint density at radius 2 is 2.18 bits per heavy atom. The topological polar surface area (TPSA) is 42.5 Å². The first kappa shape index (κ1) is 12.5. The highest BCUT2D eigenvalue weighted by Gasteiger charge is 2.15. The minimum absolute atomic E-state index is 0. The smallest absolute Gasteiger partial charge is 0.231 e. The molecule has 0 spiro atoms. The van der Waals surface area contributed by atoms with Crippen LogP contribution in [0.15, 0.2) is 18.2 Å². The molecule has 1 atom stereocenters. The molecular formula is C12H17ClN2O2. The minimum Gasteiger partial charge on any atom is -0.454 e. The number of ether oxygens (including phenoxy) is 2. The molecule has 3 rings (SSSR count). The van der Waals surface area contributed by atoms with Gasteiger partial charge in [-0.05, 0) is 30.7 Å². The average molecular weight is 257 g/mol. The van der Waals surface area contributed by atoms with Gasteiger partial charge in [-0.25, -0.2) is 0 Å². The average Bonchev–Trinajstić information content (AvgIpc) is 2.97. The SMILES string of the molecule is Cl.c1cc2c(cc1CNC1CCNC1)OCO2. The Kier molecular flexibility index (Phi) is 4.10. The van der Waals surface area contributed by atoms with Crippen molar-refractivity contribution < 1.29 is 9.47 Å². The molecule has 0 aliphatic carbocycles. The minimum atomic E-state index is 0. The Hall–Kier alpha value is -0.970. The number of hydrogen-bond acceptors (Lipinski definition) is 4. The lowest BCUT2D eigenvalue weighted by molar-refractivity contribution is 0.174. The molecule has 1 fully saturated rings. The van der Waals surface area contributed by atoms with Gasteiger partial charge in [-0.2, -0.15) is 0 Å². The van der Waals surface area contributed by atoms with Gasteiger partial charge in [0.1, 0.15) is 0 Å². The van der Waals surface area contributed by atoms with Gasteiger partial charge in [0.2, 0.25) is 6.79 Å². The van der Waals surface area contributed by atoms with Crippen LogP contribution in [0.25, 0.3) is 0 Å². The van der Waals surface area contributed by atoms with E-state index in [9.17, 15) is 0 Å². The number of benzene rings is 1. The lowest BCUT2D eigenvalue weighted by atomic mass is 10.2. The molecule has 17 heavy (non-hydrogen) atoms. The highest BCUT2D eigenvalue weighted by atomic mass is 35.5. The molecule has 4 nitrogen and oxygen atoms in total. The molecular weight excluding hydrogens is 240 g/mol. The molecule has 2 aliphatic rings. The van der Waals surface area contributed by atoms with Crippen LogP contribution in [0.5, 0.6) is 11.5 Å². The summed E-state index contributed by atoms with van der Waals surface area (Å²) >= 11 is 0. The number of hydrogen-bond donors (Lipinski definition) is 2. The Morgan fingerprint density at radius 1 is 1.29 bits per heavy atom. The number of rotatable bonds is 3. The van der Waals surface area contributed by atoms with Gasteiger partial charge >= 0.3 is 0 Å². The molecule has 0 bridgehead atoms. The first-order valence-corrected chi connectivity index (χ1v) is 5.74. The van der Waals surface area contributed by atoms with E-state index in [2.05, 4.69) is 22.8 Å². The van der Waals surface area contributed by atoms with Gasteiger partial charge in [-0.3, -0.25) is 0 Å². The van der Waals surface area contributed by atoms with Gasteiger partial charge in [0.25, 0.3) is 0 Å². The summed E-state index contributed by atoms with van der Waals surface area (Å²) in [6.45, 7) is 3.44. The normalized spacial score (nSPS) is 21.3. The maximum absolute atomic E-state index is 5.35. The van der Waals surface area contributed by atoms with Crippen LogP contribution >= 0.6 is 12.4 Å². The fraction of sp³-hybridized carbons (Fsp3) is 0.500. The fourth-order valence-electron chi connectivity index (χ4n) is 2.14. The van der Waals surface area contributed by atoms with Crippen LogP contribution in [0.3, 0.4) is 0 Å². The van der Waals surface area contributed by atoms with Crippen LogP contribution in [0.2, 0.25) is 0 Å². The molecule has 1 saturated heterocycles. The van der Waals surface area contributed by atoms with E-state index in [4.69, 9.17) is 9.47 Å². The van der Waals surface area contributed by atoms with Gasteiger partial charge in [0, 0.05) is 19.1 Å². The van der Waals surface area contributed by atoms with Crippen LogP contribution in [0.4, 0.5) is 0 Å². The fourth-order valence-corrected chi connectivity index (χ4v) is 2.14. The van der Waals surface area contributed by atoms with E-state index in [0.717, 1.165) is 31.1 Å². The molecule has 5 heteroatoms. The monoisotopic (exact) mass is 256 g/mol. The van der Waals surface area contributed by atoms with E-state index >= 15 is 0 Å². The van der Waals surface area contributed by atoms with Crippen LogP contribution < -0.4 is 20.1 Å². The molecule has 2 aliphatic heterocycles. The molecule has 2 heterocycles. The Balaban J connectivity index is 0.00000108. The van der Waals surface area contributed by atoms with Crippen molar-refractivity contribution in [1.29, 1.82) is 0 Å². The zero-order valence-electron chi connectivity index (χ0n) is 9.57. The summed E-state index contributed by atoms with van der Waals surface area (Å²) in [6, 6.07) is 6.72. The maximum Gasteiger partial charge on any atom is 0.231 e. The van der Waals surface area contributed by atoms with E-state index in [1.807, 2.05) is 6.07 Å². The summed E-state index contributed by atoms with van der Waals surface area (Å²) in [6.07, 6.45) is 1.21. The Bertz CT molecular complexity index is 381. The van der Waals surface area contributed by atoms with Crippen molar-refractivity contribution in [3.05, 3.63) is 23.8 Å². The van der Waals surface area contributed by atoms with E-state index < -0.39 is 0 Å². The van der Waals surface area contributed by atoms with Gasteiger partial charge in [0.15, 0.2) is 11.5 Å². The van der Waals surface area contributed by atoms with Crippen LogP contribution in [-0.4, -0.2) is 25.9 Å². The molecule has 0 saturated carbocycles. The van der Waals surface area contributed by atoms with Crippen LogP contribution in [-0.2, 0) is 6.54 Å². The standard InChI is InChI=1S/C12H16N2O2.ClH/c1-2-11-12(16-8-15-11)5-9(1)6-14-10-3-4-13-7-10;/h1-2,5,10,13-14H,3-4,6-8H2;1H. The van der Waals surface area contributed by atoms with Crippen molar-refractivity contribution in [1.82, 2.24) is 10.6 Å². The third-order valence-electron chi connectivity index (χ3n) is 3.09. The molecule has 1 aromatic carbocycles. The molecule has 1 aromatic rings. The first-order chi connectivity index (χ1) is 7.92. The predicted octanol–water partition coefficient (Wildman–Crippen LogP) is 1.29. The molecule has 0 aromatic heterocycles. The summed E-state index contributed by atoms with van der Waals surface area (Å²) in [5, 5.41) is 6.87. The van der Waals surface area contributed by atoms with E-state index in [1.165, 1.54) is 12.0 Å². The molecule has 1 unspecified atom stereocenters. The second kappa shape index (κ2) is 5.58. The Labute approximate surface area is 107 Å². The Morgan fingerprint density at radius 3 is 3.00 bits per heavy atom. The first-order valence-electron chi connectivity index (χ1n) is 5.74. The number of fused-ring (bicyclic) bond motifs is 1. The van der Waals surface area contributed by atoms with E-state index in [0.29, 0.717) is 12.8 Å². The quantitative estimate of drug-likeness (QED) is 0.855. The van der Waals surface area contributed by atoms with Gasteiger partial charge < -0.3 is 20.1 Å². The van der Waals surface area contributed by atoms with E-state index in [1.54, 1.807) is 0 Å². The molecule has 2 N–H and O–H groups in total. The van der Waals surface area contributed by atoms with Gasteiger partial charge in [0.05, 0.1) is 0 Å². The summed E-state index contributed by atoms with van der Waals surface area (Å²) < 4.78 is 10.6. The number of nitrogens with one attached hydrogen (secondary N) is 2. The molecule has 0 radical (unpaired) electrons. The van der Waals surface area contributed by atoms with Crippen molar-refractivity contribution >= 4 is 12.4 Å². The predicted molar refractivity (Wildman–Crippen MR) is 67.9 cm³/mol. The highest BCUT2D eigenvalue weighted by molar-refractivity contribution is 5.85. The van der Waals surface area contributed by atoms with Gasteiger partial charge in [-0.1, -0.05) is 6.07 Å². The molecule has 94 valence electrons. The van der Waals surface area contributed by atoms with Gasteiger partial charge in [-0.15, -0.1) is 12.4 Å². The molecule has 0 amide bonds. The second-order valence-electron chi connectivity index (χ2n) is 4.26. The van der Waals surface area contributed by atoms with Crippen molar-refractivity contribution in [3.8, 4) is 11.5 Å². The van der Waals surface area contributed by atoms with E-state index in [-0.39, 0.29) is 12.4 Å². The zero-order valence-corrected chi connectivity index (χ0v) is 10.4. The van der Waals surface area contributed by atoms with Crippen molar-refractivity contribution in [2.24, 2.45) is 0 Å². The summed E-state index contributed by atoms with van der Waals surface area (Å²) in [5.41, 5.74) is 1.25. The second-order valence-corrected chi connectivity index (χ2v) is 4.26. The lowest BCUT2D eigenvalue weighted by Crippen LogP contribution is -2.30. The van der Waals surface area contributed by atoms with Crippen molar-refractivity contribution in [2.45, 2.75) is 19.0 Å². The zero-order chi connectivity index (χ0) is 10.8. The van der Waals surface area contributed by atoms with Crippen LogP contribution in [0, 0.1) is 0 Å². The van der Waals surface area contributed by atoms with Crippen molar-refractivity contribution in [3.63, 3.8) is 0 Å². The van der Waals surface area contributed by atoms with Crippen molar-refractivity contribution in [2.75, 3.05) is 19.9 Å². The lowest BCUT2D eigenvalue weighted by Gasteiger charge is -2.11. The summed E-state index contributed by atoms with van der Waals surface area (Å²) in [4.78, 5) is 0. The maximum atomic E-state index is 5.35. The summed E-state index contributed by atoms with van der Waals surface area (Å²) in [7, 11) is 0. The number of halogens is 1.